The average molecular weight is 312 g/mol. The van der Waals surface area contributed by atoms with E-state index in [0.29, 0.717) is 22.9 Å². The van der Waals surface area contributed by atoms with Gasteiger partial charge in [0.2, 0.25) is 5.88 Å². The number of hydrogen-bond donors (Lipinski definition) is 1. The summed E-state index contributed by atoms with van der Waals surface area (Å²) in [5, 5.41) is 2.64. The molecular formula is C17H13FN2O3. The first-order valence-electron chi connectivity index (χ1n) is 6.83. The van der Waals surface area contributed by atoms with Crippen LogP contribution in [0.1, 0.15) is 10.6 Å². The number of carbonyl (C=O) groups is 1. The standard InChI is InChI=1S/C17H13FN2O3/c1-22-16-9-6-11(10-19-16)20-17(21)15-8-7-14(23-15)12-4-2-3-5-13(12)18/h2-10H,1H3,(H,20,21). The predicted octanol–water partition coefficient (Wildman–Crippen LogP) is 3.74. The zero-order valence-corrected chi connectivity index (χ0v) is 12.2. The van der Waals surface area contributed by atoms with Gasteiger partial charge in [0, 0.05) is 6.07 Å². The van der Waals surface area contributed by atoms with Crippen molar-refractivity contribution in [2.24, 2.45) is 0 Å². The summed E-state index contributed by atoms with van der Waals surface area (Å²) in [7, 11) is 1.51. The number of carbonyl (C=O) groups excluding carboxylic acids is 1. The van der Waals surface area contributed by atoms with Gasteiger partial charge in [-0.2, -0.15) is 0 Å². The molecule has 0 atom stereocenters. The number of aromatic nitrogens is 1. The summed E-state index contributed by atoms with van der Waals surface area (Å²) in [6, 6.07) is 12.5. The van der Waals surface area contributed by atoms with Gasteiger partial charge in [0.25, 0.3) is 5.91 Å². The molecule has 0 unspecified atom stereocenters. The molecule has 1 N–H and O–H groups in total. The second-order valence-electron chi connectivity index (χ2n) is 4.69. The van der Waals surface area contributed by atoms with Crippen molar-refractivity contribution in [1.82, 2.24) is 4.98 Å². The second-order valence-corrected chi connectivity index (χ2v) is 4.69. The molecule has 116 valence electrons. The van der Waals surface area contributed by atoms with Crippen LogP contribution < -0.4 is 10.1 Å². The van der Waals surface area contributed by atoms with Crippen LogP contribution >= 0.6 is 0 Å². The van der Waals surface area contributed by atoms with Gasteiger partial charge in [0.05, 0.1) is 24.6 Å². The zero-order valence-electron chi connectivity index (χ0n) is 12.2. The van der Waals surface area contributed by atoms with E-state index in [1.165, 1.54) is 25.4 Å². The van der Waals surface area contributed by atoms with Crippen molar-refractivity contribution in [2.45, 2.75) is 0 Å². The Hall–Kier alpha value is -3.15. The molecule has 5 nitrogen and oxygen atoms in total. The number of benzene rings is 1. The molecule has 2 aromatic heterocycles. The van der Waals surface area contributed by atoms with Gasteiger partial charge < -0.3 is 14.5 Å². The van der Waals surface area contributed by atoms with Crippen molar-refractivity contribution in [3.05, 3.63) is 66.3 Å². The van der Waals surface area contributed by atoms with Gasteiger partial charge in [0.15, 0.2) is 5.76 Å². The molecule has 3 aromatic rings. The lowest BCUT2D eigenvalue weighted by molar-refractivity contribution is 0.0997. The number of nitrogens with one attached hydrogen (secondary N) is 1. The maximum atomic E-state index is 13.7. The molecule has 0 bridgehead atoms. The Kier molecular flexibility index (Phi) is 4.05. The number of furan rings is 1. The third-order valence-electron chi connectivity index (χ3n) is 3.17. The van der Waals surface area contributed by atoms with Crippen molar-refractivity contribution in [3.63, 3.8) is 0 Å². The van der Waals surface area contributed by atoms with Crippen molar-refractivity contribution in [3.8, 4) is 17.2 Å². The van der Waals surface area contributed by atoms with Crippen LogP contribution in [0.4, 0.5) is 10.1 Å². The van der Waals surface area contributed by atoms with E-state index >= 15 is 0 Å². The molecule has 23 heavy (non-hydrogen) atoms. The number of anilines is 1. The first kappa shape index (κ1) is 14.8. The summed E-state index contributed by atoms with van der Waals surface area (Å²) in [6.45, 7) is 0. The van der Waals surface area contributed by atoms with Gasteiger partial charge in [-0.15, -0.1) is 0 Å². The number of nitrogens with zero attached hydrogens (tertiary/aromatic N) is 1. The van der Waals surface area contributed by atoms with Crippen LogP contribution in [-0.2, 0) is 0 Å². The van der Waals surface area contributed by atoms with Crippen molar-refractivity contribution in [1.29, 1.82) is 0 Å². The van der Waals surface area contributed by atoms with Gasteiger partial charge in [-0.25, -0.2) is 9.37 Å². The summed E-state index contributed by atoms with van der Waals surface area (Å²) >= 11 is 0. The molecule has 0 aliphatic heterocycles. The van der Waals surface area contributed by atoms with Gasteiger partial charge >= 0.3 is 0 Å². The zero-order chi connectivity index (χ0) is 16.2. The minimum atomic E-state index is -0.445. The monoisotopic (exact) mass is 312 g/mol. The molecular weight excluding hydrogens is 299 g/mol. The number of halogens is 1. The fourth-order valence-electron chi connectivity index (χ4n) is 2.03. The second kappa shape index (κ2) is 6.31. The average Bonchev–Trinajstić information content (AvgIpc) is 3.06. The highest BCUT2D eigenvalue weighted by Gasteiger charge is 2.14. The molecule has 0 saturated carbocycles. The van der Waals surface area contributed by atoms with Crippen LogP contribution in [0.5, 0.6) is 5.88 Å². The Morgan fingerprint density at radius 2 is 2.00 bits per heavy atom. The smallest absolute Gasteiger partial charge is 0.291 e. The third kappa shape index (κ3) is 3.21. The van der Waals surface area contributed by atoms with Crippen molar-refractivity contribution in [2.75, 3.05) is 12.4 Å². The minimum Gasteiger partial charge on any atom is -0.481 e. The number of amides is 1. The fraction of sp³-hybridized carbons (Fsp3) is 0.0588. The molecule has 1 aromatic carbocycles. The van der Waals surface area contributed by atoms with Crippen LogP contribution in [-0.4, -0.2) is 18.0 Å². The molecule has 6 heteroatoms. The SMILES string of the molecule is COc1ccc(NC(=O)c2ccc(-c3ccccc3F)o2)cn1. The van der Waals surface area contributed by atoms with E-state index in [2.05, 4.69) is 10.3 Å². The number of hydrogen-bond acceptors (Lipinski definition) is 4. The van der Waals surface area contributed by atoms with E-state index in [1.807, 2.05) is 0 Å². The van der Waals surface area contributed by atoms with E-state index < -0.39 is 11.7 Å². The molecule has 0 aliphatic rings. The van der Waals surface area contributed by atoms with Crippen LogP contribution in [0.3, 0.4) is 0 Å². The summed E-state index contributed by atoms with van der Waals surface area (Å²) in [5.41, 5.74) is 0.803. The van der Waals surface area contributed by atoms with Crippen LogP contribution in [0.25, 0.3) is 11.3 Å². The first-order valence-corrected chi connectivity index (χ1v) is 6.83. The van der Waals surface area contributed by atoms with E-state index in [4.69, 9.17) is 9.15 Å². The van der Waals surface area contributed by atoms with Crippen LogP contribution in [0.15, 0.2) is 59.1 Å². The number of rotatable bonds is 4. The number of methoxy groups -OCH3 is 1. The van der Waals surface area contributed by atoms with Crippen LogP contribution in [0, 0.1) is 5.82 Å². The first-order chi connectivity index (χ1) is 11.2. The highest BCUT2D eigenvalue weighted by molar-refractivity contribution is 6.02. The molecule has 0 spiro atoms. The third-order valence-corrected chi connectivity index (χ3v) is 3.17. The van der Waals surface area contributed by atoms with Gasteiger partial charge in [-0.1, -0.05) is 12.1 Å². The Balaban J connectivity index is 1.77. The molecule has 0 fully saturated rings. The van der Waals surface area contributed by atoms with Crippen molar-refractivity contribution >= 4 is 11.6 Å². The summed E-state index contributed by atoms with van der Waals surface area (Å²) in [5.74, 6) is -0.0317. The quantitative estimate of drug-likeness (QED) is 0.797. The highest BCUT2D eigenvalue weighted by atomic mass is 19.1. The lowest BCUT2D eigenvalue weighted by Gasteiger charge is -2.04. The van der Waals surface area contributed by atoms with E-state index in [9.17, 15) is 9.18 Å². The molecule has 3 rings (SSSR count). The molecule has 1 amide bonds. The van der Waals surface area contributed by atoms with E-state index in [0.717, 1.165) is 0 Å². The molecule has 2 heterocycles. The summed E-state index contributed by atoms with van der Waals surface area (Å²) in [4.78, 5) is 16.1. The molecule has 0 aliphatic carbocycles. The topological polar surface area (TPSA) is 64.4 Å². The van der Waals surface area contributed by atoms with Gasteiger partial charge in [-0.3, -0.25) is 4.79 Å². The maximum Gasteiger partial charge on any atom is 0.291 e. The van der Waals surface area contributed by atoms with Crippen LogP contribution in [0.2, 0.25) is 0 Å². The van der Waals surface area contributed by atoms with Gasteiger partial charge in [0.1, 0.15) is 11.6 Å². The minimum absolute atomic E-state index is 0.0825. The molecule has 0 saturated heterocycles. The number of pyridine rings is 1. The Bertz CT molecular complexity index is 828. The van der Waals surface area contributed by atoms with Crippen molar-refractivity contribution < 1.29 is 18.3 Å². The Morgan fingerprint density at radius 1 is 1.17 bits per heavy atom. The fourth-order valence-corrected chi connectivity index (χ4v) is 2.03. The largest absolute Gasteiger partial charge is 0.481 e. The Morgan fingerprint density at radius 3 is 2.70 bits per heavy atom. The lowest BCUT2D eigenvalue weighted by Crippen LogP contribution is -2.11. The predicted molar refractivity (Wildman–Crippen MR) is 82.8 cm³/mol. The van der Waals surface area contributed by atoms with E-state index in [-0.39, 0.29) is 5.76 Å². The summed E-state index contributed by atoms with van der Waals surface area (Å²) in [6.07, 6.45) is 1.47. The normalized spacial score (nSPS) is 10.3. The number of ether oxygens (including phenoxy) is 1. The lowest BCUT2D eigenvalue weighted by atomic mass is 10.1. The summed E-state index contributed by atoms with van der Waals surface area (Å²) < 4.78 is 24.1. The van der Waals surface area contributed by atoms with Gasteiger partial charge in [-0.05, 0) is 30.3 Å². The molecule has 0 radical (unpaired) electrons. The Labute approximate surface area is 131 Å². The maximum absolute atomic E-state index is 13.7. The van der Waals surface area contributed by atoms with E-state index in [1.54, 1.807) is 36.4 Å². The highest BCUT2D eigenvalue weighted by Crippen LogP contribution is 2.25.